The van der Waals surface area contributed by atoms with Crippen LogP contribution in [0.2, 0.25) is 0 Å². The first kappa shape index (κ1) is 17.2. The first-order chi connectivity index (χ1) is 11.2. The third-order valence-corrected chi connectivity index (χ3v) is 3.15. The molecule has 1 atom stereocenters. The molecule has 7 nitrogen and oxygen atoms in total. The van der Waals surface area contributed by atoms with E-state index in [0.29, 0.717) is 0 Å². The minimum Gasteiger partial charge on any atom is -0.506 e. The summed E-state index contributed by atoms with van der Waals surface area (Å²) >= 11 is 0. The maximum absolute atomic E-state index is 13.6. The van der Waals surface area contributed by atoms with Crippen molar-refractivity contribution in [3.63, 3.8) is 0 Å². The largest absolute Gasteiger partial charge is 0.506 e. The molecule has 2 radical (unpaired) electrons. The van der Waals surface area contributed by atoms with Crippen LogP contribution < -0.4 is 5.32 Å². The van der Waals surface area contributed by atoms with Crippen LogP contribution in [0.3, 0.4) is 0 Å². The fraction of sp³-hybridized carbons (Fsp3) is 0.200. The predicted octanol–water partition coefficient (Wildman–Crippen LogP) is 2.12. The maximum atomic E-state index is 13.6. The number of aliphatic hydroxyl groups excluding tert-OH is 1. The number of pyridine rings is 1. The summed E-state index contributed by atoms with van der Waals surface area (Å²) in [5, 5.41) is 25.0. The van der Waals surface area contributed by atoms with Crippen LogP contribution in [-0.2, 0) is 10.4 Å². The van der Waals surface area contributed by atoms with E-state index in [9.17, 15) is 14.3 Å². The summed E-state index contributed by atoms with van der Waals surface area (Å²) in [5.74, 6) is -1.13. The zero-order valence-corrected chi connectivity index (χ0v) is 12.9. The molecule has 0 fully saturated rings. The predicted molar refractivity (Wildman–Crippen MR) is 83.5 cm³/mol. The molecule has 0 aromatic carbocycles. The lowest BCUT2D eigenvalue weighted by Crippen LogP contribution is -2.18. The van der Waals surface area contributed by atoms with Gasteiger partial charge in [0.2, 0.25) is 0 Å². The molecule has 9 heteroatoms. The number of halogens is 1. The highest BCUT2D eigenvalue weighted by Gasteiger charge is 2.21. The molecule has 0 aliphatic carbocycles. The second-order valence-electron chi connectivity index (χ2n) is 5.09. The number of rotatable bonds is 4. The number of hydrogen-bond acceptors (Lipinski definition) is 6. The van der Waals surface area contributed by atoms with Gasteiger partial charge in [-0.1, -0.05) is 11.2 Å². The molecule has 2 rings (SSSR count). The van der Waals surface area contributed by atoms with Crippen molar-refractivity contribution in [3.8, 4) is 6.07 Å². The molecule has 0 aliphatic rings. The lowest BCUT2D eigenvalue weighted by Gasteiger charge is -2.14. The van der Waals surface area contributed by atoms with Crippen LogP contribution in [0.1, 0.15) is 23.8 Å². The van der Waals surface area contributed by atoms with E-state index in [-0.39, 0.29) is 22.7 Å². The van der Waals surface area contributed by atoms with Crippen LogP contribution in [0.4, 0.5) is 10.2 Å². The van der Waals surface area contributed by atoms with Gasteiger partial charge in [0.05, 0.1) is 17.3 Å². The van der Waals surface area contributed by atoms with Crippen molar-refractivity contribution < 1.29 is 18.8 Å². The fourth-order valence-electron chi connectivity index (χ4n) is 1.81. The number of hydrogen-bond donors (Lipinski definition) is 2. The molecule has 0 saturated heterocycles. The number of carbonyl (C=O) groups excluding carboxylic acids is 1. The van der Waals surface area contributed by atoms with Gasteiger partial charge in [0.25, 0.3) is 5.91 Å². The normalized spacial score (nSPS) is 14.2. The van der Waals surface area contributed by atoms with Gasteiger partial charge in [-0.15, -0.1) is 0 Å². The molecular weight excluding hydrogens is 314 g/mol. The highest BCUT2D eigenvalue weighted by atomic mass is 19.1. The van der Waals surface area contributed by atoms with Gasteiger partial charge in [0.15, 0.2) is 11.3 Å². The Kier molecular flexibility index (Phi) is 4.69. The number of nitrogens with zero attached hydrogens (tertiary/aromatic N) is 3. The van der Waals surface area contributed by atoms with Crippen molar-refractivity contribution in [1.29, 1.82) is 5.26 Å². The molecule has 0 saturated carbocycles. The molecule has 1 unspecified atom stereocenters. The Balaban J connectivity index is 2.25. The SMILES string of the molecule is [B]C(C)(F)c1ccc(NC(=O)/C(C#N)=C(\O)c2cnoc2C)nc1. The minimum atomic E-state index is -2.06. The Bertz CT molecular complexity index is 832. The number of alkyl halides is 1. The van der Waals surface area contributed by atoms with Gasteiger partial charge in [-0.25, -0.2) is 4.98 Å². The van der Waals surface area contributed by atoms with E-state index in [0.717, 1.165) is 13.1 Å². The first-order valence-corrected chi connectivity index (χ1v) is 6.74. The zero-order valence-electron chi connectivity index (χ0n) is 12.9. The number of anilines is 1. The number of nitriles is 1. The molecule has 2 aromatic rings. The Morgan fingerprint density at radius 3 is 2.67 bits per heavy atom. The Morgan fingerprint density at radius 1 is 1.50 bits per heavy atom. The van der Waals surface area contributed by atoms with E-state index in [4.69, 9.17) is 17.6 Å². The van der Waals surface area contributed by atoms with Crippen LogP contribution in [0.15, 0.2) is 34.6 Å². The third-order valence-electron chi connectivity index (χ3n) is 3.15. The van der Waals surface area contributed by atoms with Gasteiger partial charge >= 0.3 is 0 Å². The van der Waals surface area contributed by atoms with Gasteiger partial charge in [-0.05, 0) is 25.5 Å². The zero-order chi connectivity index (χ0) is 17.9. The molecule has 2 heterocycles. The summed E-state index contributed by atoms with van der Waals surface area (Å²) in [6.45, 7) is 2.69. The second kappa shape index (κ2) is 6.54. The number of carbonyl (C=O) groups is 1. The topological polar surface area (TPSA) is 112 Å². The number of aryl methyl sites for hydroxylation is 1. The van der Waals surface area contributed by atoms with Gasteiger partial charge in [0, 0.05) is 6.20 Å². The molecular formula is C15H12BFN4O3. The number of nitrogens with one attached hydrogen (secondary N) is 1. The highest BCUT2D eigenvalue weighted by molar-refractivity contribution is 6.14. The first-order valence-electron chi connectivity index (χ1n) is 6.74. The number of amides is 1. The minimum absolute atomic E-state index is 0.0654. The lowest BCUT2D eigenvalue weighted by atomic mass is 9.80. The van der Waals surface area contributed by atoms with Crippen molar-refractivity contribution in [3.05, 3.63) is 47.0 Å². The molecule has 2 N–H and O–H groups in total. The van der Waals surface area contributed by atoms with Crippen molar-refractivity contribution in [2.45, 2.75) is 19.4 Å². The van der Waals surface area contributed by atoms with Crippen LogP contribution in [0.25, 0.3) is 5.76 Å². The standard InChI is InChI=1S/C15H12BFN4O3/c1-8-11(7-20-24-8)13(22)10(5-18)14(23)21-12-4-3-9(6-19-12)15(2,16)17/h3-4,6-7,22H,1-2H3,(H,19,21,23)/b13-10-. The smallest absolute Gasteiger partial charge is 0.271 e. The number of aromatic nitrogens is 2. The lowest BCUT2D eigenvalue weighted by molar-refractivity contribution is -0.112. The average Bonchev–Trinajstić information content (AvgIpc) is 2.93. The number of aliphatic hydroxyl groups is 1. The molecule has 0 aliphatic heterocycles. The summed E-state index contributed by atoms with van der Waals surface area (Å²) in [6.07, 6.45) is 2.35. The van der Waals surface area contributed by atoms with E-state index in [1.165, 1.54) is 25.3 Å². The monoisotopic (exact) mass is 326 g/mol. The van der Waals surface area contributed by atoms with Gasteiger partial charge in [-0.2, -0.15) is 5.26 Å². The van der Waals surface area contributed by atoms with Crippen LogP contribution in [0.5, 0.6) is 0 Å². The van der Waals surface area contributed by atoms with Crippen molar-refractivity contribution in [2.24, 2.45) is 0 Å². The molecule has 24 heavy (non-hydrogen) atoms. The van der Waals surface area contributed by atoms with Gasteiger partial charge in [0.1, 0.15) is 25.5 Å². The highest BCUT2D eigenvalue weighted by Crippen LogP contribution is 2.22. The van der Waals surface area contributed by atoms with Crippen LogP contribution >= 0.6 is 0 Å². The summed E-state index contributed by atoms with van der Waals surface area (Å²) < 4.78 is 18.3. The molecule has 2 aromatic heterocycles. The van der Waals surface area contributed by atoms with E-state index in [1.54, 1.807) is 6.07 Å². The maximum Gasteiger partial charge on any atom is 0.271 e. The third kappa shape index (κ3) is 3.60. The molecule has 0 bridgehead atoms. The summed E-state index contributed by atoms with van der Waals surface area (Å²) in [7, 11) is 5.29. The summed E-state index contributed by atoms with van der Waals surface area (Å²) in [6, 6.07) is 4.29. The van der Waals surface area contributed by atoms with Gasteiger partial charge in [-0.3, -0.25) is 9.18 Å². The Hall–Kier alpha value is -3.15. The van der Waals surface area contributed by atoms with E-state index in [1.807, 2.05) is 0 Å². The van der Waals surface area contributed by atoms with E-state index in [2.05, 4.69) is 15.5 Å². The van der Waals surface area contributed by atoms with E-state index < -0.39 is 22.8 Å². The van der Waals surface area contributed by atoms with Crippen LogP contribution in [-0.4, -0.2) is 29.0 Å². The second-order valence-corrected chi connectivity index (χ2v) is 5.09. The summed E-state index contributed by atoms with van der Waals surface area (Å²) in [5.41, 5.74) is -2.35. The molecule has 1 amide bonds. The van der Waals surface area contributed by atoms with Crippen molar-refractivity contribution in [2.75, 3.05) is 5.32 Å². The van der Waals surface area contributed by atoms with Crippen molar-refractivity contribution >= 4 is 25.3 Å². The summed E-state index contributed by atoms with van der Waals surface area (Å²) in [4.78, 5) is 16.0. The molecule has 120 valence electrons. The van der Waals surface area contributed by atoms with Crippen molar-refractivity contribution in [1.82, 2.24) is 10.1 Å². The van der Waals surface area contributed by atoms with Gasteiger partial charge < -0.3 is 14.9 Å². The Morgan fingerprint density at radius 2 is 2.21 bits per heavy atom. The van der Waals surface area contributed by atoms with E-state index >= 15 is 0 Å². The van der Waals surface area contributed by atoms with Crippen LogP contribution in [0, 0.1) is 18.3 Å². The molecule has 0 spiro atoms. The Labute approximate surface area is 138 Å². The fourth-order valence-corrected chi connectivity index (χ4v) is 1.81. The quantitative estimate of drug-likeness (QED) is 0.385. The average molecular weight is 326 g/mol.